The molecule has 1 saturated carbocycles. The number of hydrogen-bond acceptors (Lipinski definition) is 3. The zero-order valence-corrected chi connectivity index (χ0v) is 9.85. The molecule has 0 aliphatic heterocycles. The molecule has 0 bridgehead atoms. The van der Waals surface area contributed by atoms with E-state index in [1.165, 1.54) is 12.8 Å². The normalized spacial score (nSPS) is 14.6. The van der Waals surface area contributed by atoms with Crippen LogP contribution in [0.3, 0.4) is 0 Å². The molecule has 3 rings (SSSR count). The Kier molecular flexibility index (Phi) is 2.52. The van der Waals surface area contributed by atoms with Crippen molar-refractivity contribution in [2.75, 3.05) is 5.32 Å². The van der Waals surface area contributed by atoms with Crippen molar-refractivity contribution in [3.63, 3.8) is 0 Å². The van der Waals surface area contributed by atoms with E-state index in [0.717, 1.165) is 22.9 Å². The van der Waals surface area contributed by atoms with Gasteiger partial charge in [-0.05, 0) is 19.8 Å². The molecule has 1 heterocycles. The van der Waals surface area contributed by atoms with Gasteiger partial charge < -0.3 is 5.32 Å². The highest BCUT2D eigenvalue weighted by Crippen LogP contribution is 2.25. The molecule has 17 heavy (non-hydrogen) atoms. The molecule has 86 valence electrons. The van der Waals surface area contributed by atoms with Gasteiger partial charge in [0, 0.05) is 17.7 Å². The third-order valence-electron chi connectivity index (χ3n) is 2.84. The van der Waals surface area contributed by atoms with Crippen LogP contribution in [0.25, 0.3) is 11.3 Å². The van der Waals surface area contributed by atoms with Crippen LogP contribution >= 0.6 is 0 Å². The Morgan fingerprint density at radius 3 is 2.59 bits per heavy atom. The van der Waals surface area contributed by atoms with Crippen molar-refractivity contribution < 1.29 is 0 Å². The third-order valence-corrected chi connectivity index (χ3v) is 2.84. The predicted octanol–water partition coefficient (Wildman–Crippen LogP) is 3.03. The van der Waals surface area contributed by atoms with Gasteiger partial charge in [0.15, 0.2) is 0 Å². The summed E-state index contributed by atoms with van der Waals surface area (Å²) in [7, 11) is 0. The van der Waals surface area contributed by atoms with E-state index in [1.54, 1.807) is 0 Å². The molecule has 1 aromatic heterocycles. The van der Waals surface area contributed by atoms with Gasteiger partial charge >= 0.3 is 0 Å². The summed E-state index contributed by atoms with van der Waals surface area (Å²) in [4.78, 5) is 8.90. The van der Waals surface area contributed by atoms with E-state index < -0.39 is 0 Å². The number of hydrogen-bond donors (Lipinski definition) is 1. The van der Waals surface area contributed by atoms with E-state index in [2.05, 4.69) is 27.4 Å². The topological polar surface area (TPSA) is 37.8 Å². The van der Waals surface area contributed by atoms with Crippen LogP contribution in [0.2, 0.25) is 0 Å². The van der Waals surface area contributed by atoms with E-state index in [0.29, 0.717) is 6.04 Å². The molecule has 3 heteroatoms. The average molecular weight is 225 g/mol. The Morgan fingerprint density at radius 1 is 1.12 bits per heavy atom. The minimum absolute atomic E-state index is 0.618. The van der Waals surface area contributed by atoms with Crippen LogP contribution in [0.1, 0.15) is 18.7 Å². The number of nitrogens with zero attached hydrogens (tertiary/aromatic N) is 2. The number of aromatic nitrogens is 2. The Hall–Kier alpha value is -1.90. The fourth-order valence-electron chi connectivity index (χ4n) is 1.84. The van der Waals surface area contributed by atoms with E-state index in [1.807, 2.05) is 31.2 Å². The van der Waals surface area contributed by atoms with Crippen LogP contribution in [-0.2, 0) is 0 Å². The Balaban J connectivity index is 1.95. The molecule has 0 saturated heterocycles. The second kappa shape index (κ2) is 4.17. The molecule has 0 spiro atoms. The summed E-state index contributed by atoms with van der Waals surface area (Å²) in [5.41, 5.74) is 2.12. The zero-order valence-electron chi connectivity index (χ0n) is 9.85. The summed E-state index contributed by atoms with van der Waals surface area (Å²) in [5, 5.41) is 3.42. The van der Waals surface area contributed by atoms with Gasteiger partial charge in [-0.3, -0.25) is 0 Å². The maximum Gasteiger partial charge on any atom is 0.130 e. The van der Waals surface area contributed by atoms with E-state index >= 15 is 0 Å². The standard InChI is InChI=1S/C14H15N3/c1-10-15-13(11-5-3-2-4-6-11)9-14(16-10)17-12-7-8-12/h2-6,9,12H,7-8H2,1H3,(H,15,16,17). The van der Waals surface area contributed by atoms with E-state index in [-0.39, 0.29) is 0 Å². The molecule has 0 unspecified atom stereocenters. The van der Waals surface area contributed by atoms with Crippen LogP contribution in [-0.4, -0.2) is 16.0 Å². The van der Waals surface area contributed by atoms with Crippen molar-refractivity contribution in [3.8, 4) is 11.3 Å². The molecule has 1 fully saturated rings. The van der Waals surface area contributed by atoms with Gasteiger partial charge in [-0.25, -0.2) is 9.97 Å². The van der Waals surface area contributed by atoms with Gasteiger partial charge in [0.1, 0.15) is 11.6 Å². The Bertz CT molecular complexity index is 518. The van der Waals surface area contributed by atoms with Crippen LogP contribution in [0, 0.1) is 6.92 Å². The third kappa shape index (κ3) is 2.44. The largest absolute Gasteiger partial charge is 0.367 e. The van der Waals surface area contributed by atoms with Gasteiger partial charge in [0.2, 0.25) is 0 Å². The highest BCUT2D eigenvalue weighted by atomic mass is 15.1. The summed E-state index contributed by atoms with van der Waals surface area (Å²) in [6.07, 6.45) is 2.51. The van der Waals surface area contributed by atoms with Crippen LogP contribution < -0.4 is 5.32 Å². The highest BCUT2D eigenvalue weighted by Gasteiger charge is 2.21. The van der Waals surface area contributed by atoms with Crippen LogP contribution in [0.5, 0.6) is 0 Å². The van der Waals surface area contributed by atoms with Gasteiger partial charge in [-0.2, -0.15) is 0 Å². The number of rotatable bonds is 3. The first kappa shape index (κ1) is 10.3. The molecule has 1 aliphatic rings. The number of benzene rings is 1. The van der Waals surface area contributed by atoms with Crippen molar-refractivity contribution in [2.24, 2.45) is 0 Å². The van der Waals surface area contributed by atoms with Crippen molar-refractivity contribution in [3.05, 3.63) is 42.2 Å². The first-order valence-corrected chi connectivity index (χ1v) is 5.99. The lowest BCUT2D eigenvalue weighted by atomic mass is 10.1. The number of anilines is 1. The minimum Gasteiger partial charge on any atom is -0.367 e. The maximum absolute atomic E-state index is 4.48. The molecule has 1 aliphatic carbocycles. The van der Waals surface area contributed by atoms with E-state index in [4.69, 9.17) is 0 Å². The minimum atomic E-state index is 0.618. The van der Waals surface area contributed by atoms with Crippen molar-refractivity contribution in [1.82, 2.24) is 9.97 Å². The average Bonchev–Trinajstić information content (AvgIpc) is 3.13. The van der Waals surface area contributed by atoms with Gasteiger partial charge in [0.05, 0.1) is 5.69 Å². The molecule has 2 aromatic rings. The second-order valence-electron chi connectivity index (χ2n) is 4.47. The summed E-state index contributed by atoms with van der Waals surface area (Å²) in [6, 6.07) is 12.9. The summed E-state index contributed by atoms with van der Waals surface area (Å²) >= 11 is 0. The fourth-order valence-corrected chi connectivity index (χ4v) is 1.84. The van der Waals surface area contributed by atoms with Gasteiger partial charge in [0.25, 0.3) is 0 Å². The van der Waals surface area contributed by atoms with Crippen molar-refractivity contribution in [2.45, 2.75) is 25.8 Å². The molecule has 1 aromatic carbocycles. The molecular formula is C14H15N3. The highest BCUT2D eigenvalue weighted by molar-refractivity contribution is 5.62. The van der Waals surface area contributed by atoms with Crippen molar-refractivity contribution >= 4 is 5.82 Å². The van der Waals surface area contributed by atoms with Crippen molar-refractivity contribution in [1.29, 1.82) is 0 Å². The molecule has 0 amide bonds. The predicted molar refractivity (Wildman–Crippen MR) is 68.8 cm³/mol. The summed E-state index contributed by atoms with van der Waals surface area (Å²) < 4.78 is 0. The van der Waals surface area contributed by atoms with Gasteiger partial charge in [-0.15, -0.1) is 0 Å². The SMILES string of the molecule is Cc1nc(NC2CC2)cc(-c2ccccc2)n1. The van der Waals surface area contributed by atoms with Crippen LogP contribution in [0.4, 0.5) is 5.82 Å². The summed E-state index contributed by atoms with van der Waals surface area (Å²) in [5.74, 6) is 1.76. The lowest BCUT2D eigenvalue weighted by molar-refractivity contribution is 1.03. The maximum atomic E-state index is 4.48. The molecule has 0 radical (unpaired) electrons. The number of aryl methyl sites for hydroxylation is 1. The molecular weight excluding hydrogens is 210 g/mol. The quantitative estimate of drug-likeness (QED) is 0.872. The zero-order chi connectivity index (χ0) is 11.7. The number of nitrogens with one attached hydrogen (secondary N) is 1. The second-order valence-corrected chi connectivity index (χ2v) is 4.47. The molecule has 0 atom stereocenters. The lowest BCUT2D eigenvalue weighted by Gasteiger charge is -2.07. The first-order valence-electron chi connectivity index (χ1n) is 5.99. The summed E-state index contributed by atoms with van der Waals surface area (Å²) in [6.45, 7) is 1.94. The smallest absolute Gasteiger partial charge is 0.130 e. The molecule has 1 N–H and O–H groups in total. The monoisotopic (exact) mass is 225 g/mol. The Labute approximate surface area is 101 Å². The first-order chi connectivity index (χ1) is 8.31. The lowest BCUT2D eigenvalue weighted by Crippen LogP contribution is -2.05. The Morgan fingerprint density at radius 2 is 1.88 bits per heavy atom. The fraction of sp³-hybridized carbons (Fsp3) is 0.286. The van der Waals surface area contributed by atoms with Crippen LogP contribution in [0.15, 0.2) is 36.4 Å². The molecule has 3 nitrogen and oxygen atoms in total. The van der Waals surface area contributed by atoms with Gasteiger partial charge in [-0.1, -0.05) is 30.3 Å². The van der Waals surface area contributed by atoms with E-state index in [9.17, 15) is 0 Å².